The minimum absolute atomic E-state index is 0.150. The smallest absolute Gasteiger partial charge is 0.254 e. The van der Waals surface area contributed by atoms with E-state index in [1.165, 1.54) is 0 Å². The first kappa shape index (κ1) is 16.7. The van der Waals surface area contributed by atoms with Crippen LogP contribution >= 0.6 is 0 Å². The normalized spacial score (nSPS) is 11.1. The predicted molar refractivity (Wildman–Crippen MR) is 88.1 cm³/mol. The van der Waals surface area contributed by atoms with Crippen LogP contribution in [0.5, 0.6) is 0 Å². The molecule has 2 heterocycles. The van der Waals surface area contributed by atoms with E-state index in [1.54, 1.807) is 41.8 Å². The second-order valence-corrected chi connectivity index (χ2v) is 6.05. The number of hydrogen-bond acceptors (Lipinski definition) is 7. The first-order chi connectivity index (χ1) is 12.0. The van der Waals surface area contributed by atoms with Gasteiger partial charge in [-0.05, 0) is 35.5 Å². The van der Waals surface area contributed by atoms with Gasteiger partial charge in [0.25, 0.3) is 5.91 Å². The first-order valence-electron chi connectivity index (χ1n) is 7.89. The third kappa shape index (κ3) is 3.54. The highest BCUT2D eigenvalue weighted by Crippen LogP contribution is 2.15. The van der Waals surface area contributed by atoms with Crippen LogP contribution in [0.3, 0.4) is 0 Å². The molecule has 25 heavy (non-hydrogen) atoms. The first-order valence-corrected chi connectivity index (χ1v) is 7.89. The molecule has 0 aliphatic carbocycles. The second-order valence-electron chi connectivity index (χ2n) is 6.05. The Morgan fingerprint density at radius 1 is 1.36 bits per heavy atom. The molecule has 0 aliphatic rings. The van der Waals surface area contributed by atoms with Crippen LogP contribution in [0.15, 0.2) is 28.8 Å². The lowest BCUT2D eigenvalue weighted by atomic mass is 10.1. The minimum Gasteiger partial charge on any atom is -0.339 e. The molecule has 0 aliphatic heterocycles. The van der Waals surface area contributed by atoms with Gasteiger partial charge in [-0.3, -0.25) is 4.79 Å². The zero-order chi connectivity index (χ0) is 18.0. The molecule has 0 radical (unpaired) electrons. The van der Waals surface area contributed by atoms with Crippen LogP contribution in [-0.2, 0) is 6.54 Å². The van der Waals surface area contributed by atoms with E-state index in [0.717, 1.165) is 5.69 Å². The quantitative estimate of drug-likeness (QED) is 0.696. The molecular weight excluding hydrogens is 322 g/mol. The van der Waals surface area contributed by atoms with Gasteiger partial charge in [0.15, 0.2) is 11.6 Å². The largest absolute Gasteiger partial charge is 0.339 e. The van der Waals surface area contributed by atoms with E-state index in [1.807, 2.05) is 19.9 Å². The summed E-state index contributed by atoms with van der Waals surface area (Å²) in [4.78, 5) is 18.5. The van der Waals surface area contributed by atoms with Crippen molar-refractivity contribution < 1.29 is 9.32 Å². The lowest BCUT2D eigenvalue weighted by molar-refractivity contribution is 0.0780. The summed E-state index contributed by atoms with van der Waals surface area (Å²) in [7, 11) is 1.70. The summed E-state index contributed by atoms with van der Waals surface area (Å²) in [5.74, 6) is 1.69. The average Bonchev–Trinajstić information content (AvgIpc) is 3.23. The maximum absolute atomic E-state index is 12.7. The molecule has 1 aromatic carbocycles. The lowest BCUT2D eigenvalue weighted by Crippen LogP contribution is -2.26. The van der Waals surface area contributed by atoms with Crippen molar-refractivity contribution in [3.63, 3.8) is 0 Å². The number of carbonyl (C=O) groups is 1. The number of amides is 1. The summed E-state index contributed by atoms with van der Waals surface area (Å²) >= 11 is 0. The fraction of sp³-hybridized carbons (Fsp3) is 0.375. The Bertz CT molecular complexity index is 884. The molecule has 0 saturated heterocycles. The molecule has 0 spiro atoms. The third-order valence-corrected chi connectivity index (χ3v) is 3.67. The van der Waals surface area contributed by atoms with Crippen molar-refractivity contribution in [2.45, 2.75) is 33.2 Å². The van der Waals surface area contributed by atoms with Crippen molar-refractivity contribution in [1.29, 1.82) is 0 Å². The van der Waals surface area contributed by atoms with E-state index >= 15 is 0 Å². The van der Waals surface area contributed by atoms with Gasteiger partial charge in [0.1, 0.15) is 0 Å². The van der Waals surface area contributed by atoms with Crippen molar-refractivity contribution in [2.75, 3.05) is 7.05 Å². The maximum Gasteiger partial charge on any atom is 0.254 e. The minimum atomic E-state index is -0.150. The van der Waals surface area contributed by atoms with Crippen LogP contribution in [0.1, 0.15) is 47.7 Å². The monoisotopic (exact) mass is 341 g/mol. The van der Waals surface area contributed by atoms with Crippen LogP contribution in [0.25, 0.3) is 5.69 Å². The molecule has 9 heteroatoms. The van der Waals surface area contributed by atoms with Gasteiger partial charge in [0.05, 0.1) is 12.2 Å². The number of aromatic nitrogens is 6. The van der Waals surface area contributed by atoms with Gasteiger partial charge in [-0.15, -0.1) is 5.10 Å². The van der Waals surface area contributed by atoms with Crippen molar-refractivity contribution >= 4 is 5.91 Å². The van der Waals surface area contributed by atoms with E-state index < -0.39 is 0 Å². The van der Waals surface area contributed by atoms with Gasteiger partial charge < -0.3 is 9.42 Å². The number of aryl methyl sites for hydroxylation is 1. The molecule has 2 aromatic heterocycles. The summed E-state index contributed by atoms with van der Waals surface area (Å²) in [6.45, 7) is 6.00. The van der Waals surface area contributed by atoms with Crippen LogP contribution in [-0.4, -0.2) is 48.2 Å². The van der Waals surface area contributed by atoms with E-state index in [9.17, 15) is 4.79 Å². The summed E-state index contributed by atoms with van der Waals surface area (Å²) in [5, 5.41) is 15.3. The Labute approximate surface area is 144 Å². The van der Waals surface area contributed by atoms with E-state index in [4.69, 9.17) is 4.52 Å². The molecule has 0 N–H and O–H groups in total. The van der Waals surface area contributed by atoms with E-state index in [0.29, 0.717) is 23.1 Å². The van der Waals surface area contributed by atoms with Crippen molar-refractivity contribution in [2.24, 2.45) is 0 Å². The SMILES string of the molecule is Cc1nnnn1-c1cccc(C(=O)N(C)Cc2noc(C(C)C)n2)c1. The van der Waals surface area contributed by atoms with Gasteiger partial charge in [0.2, 0.25) is 5.89 Å². The maximum atomic E-state index is 12.7. The molecular formula is C16H19N7O2. The fourth-order valence-electron chi connectivity index (χ4n) is 2.31. The number of nitrogens with zero attached hydrogens (tertiary/aromatic N) is 7. The van der Waals surface area contributed by atoms with Crippen molar-refractivity contribution in [1.82, 2.24) is 35.2 Å². The number of rotatable bonds is 5. The highest BCUT2D eigenvalue weighted by molar-refractivity contribution is 5.94. The Hall–Kier alpha value is -3.10. The highest BCUT2D eigenvalue weighted by atomic mass is 16.5. The topological polar surface area (TPSA) is 103 Å². The molecule has 3 aromatic rings. The van der Waals surface area contributed by atoms with Crippen LogP contribution in [0, 0.1) is 6.92 Å². The molecule has 0 fully saturated rings. The number of carbonyl (C=O) groups excluding carboxylic acids is 1. The number of tetrazole rings is 1. The summed E-state index contributed by atoms with van der Waals surface area (Å²) < 4.78 is 6.74. The molecule has 0 atom stereocenters. The Kier molecular flexibility index (Phi) is 4.55. The zero-order valence-electron chi connectivity index (χ0n) is 14.5. The highest BCUT2D eigenvalue weighted by Gasteiger charge is 2.17. The predicted octanol–water partition coefficient (Wildman–Crippen LogP) is 1.75. The number of hydrogen-bond donors (Lipinski definition) is 0. The summed E-state index contributed by atoms with van der Waals surface area (Å²) in [6.07, 6.45) is 0. The molecule has 9 nitrogen and oxygen atoms in total. The molecule has 130 valence electrons. The van der Waals surface area contributed by atoms with Gasteiger partial charge >= 0.3 is 0 Å². The fourth-order valence-corrected chi connectivity index (χ4v) is 2.31. The van der Waals surface area contributed by atoms with Gasteiger partial charge in [-0.25, -0.2) is 0 Å². The van der Waals surface area contributed by atoms with Gasteiger partial charge in [-0.1, -0.05) is 25.1 Å². The standard InChI is InChI=1S/C16H19N7O2/c1-10(2)15-17-14(19-25-15)9-22(4)16(24)12-6-5-7-13(8-12)23-11(3)18-20-21-23/h5-8,10H,9H2,1-4H3. The molecule has 1 amide bonds. The summed E-state index contributed by atoms with van der Waals surface area (Å²) in [6, 6.07) is 7.13. The van der Waals surface area contributed by atoms with Gasteiger partial charge in [0, 0.05) is 18.5 Å². The number of benzene rings is 1. The van der Waals surface area contributed by atoms with E-state index in [-0.39, 0.29) is 18.4 Å². The van der Waals surface area contributed by atoms with Crippen molar-refractivity contribution in [3.8, 4) is 5.69 Å². The Morgan fingerprint density at radius 2 is 2.16 bits per heavy atom. The van der Waals surface area contributed by atoms with Gasteiger partial charge in [-0.2, -0.15) is 9.67 Å². The van der Waals surface area contributed by atoms with Crippen LogP contribution in [0.2, 0.25) is 0 Å². The van der Waals surface area contributed by atoms with Crippen LogP contribution in [0.4, 0.5) is 0 Å². The second kappa shape index (κ2) is 6.80. The average molecular weight is 341 g/mol. The summed E-state index contributed by atoms with van der Waals surface area (Å²) in [5.41, 5.74) is 1.26. The van der Waals surface area contributed by atoms with E-state index in [2.05, 4.69) is 25.7 Å². The third-order valence-electron chi connectivity index (χ3n) is 3.67. The van der Waals surface area contributed by atoms with Crippen molar-refractivity contribution in [3.05, 3.63) is 47.4 Å². The molecule has 0 unspecified atom stereocenters. The Balaban J connectivity index is 1.77. The Morgan fingerprint density at radius 3 is 2.80 bits per heavy atom. The van der Waals surface area contributed by atoms with Crippen LogP contribution < -0.4 is 0 Å². The lowest BCUT2D eigenvalue weighted by Gasteiger charge is -2.15. The molecule has 0 saturated carbocycles. The molecule has 0 bridgehead atoms. The zero-order valence-corrected chi connectivity index (χ0v) is 14.5. The molecule has 3 rings (SSSR count).